The third-order valence-electron chi connectivity index (χ3n) is 4.54. The molecule has 2 heterocycles. The number of primary amides is 1. The molecule has 0 spiro atoms. The summed E-state index contributed by atoms with van der Waals surface area (Å²) in [5, 5.41) is 6.18. The minimum atomic E-state index is -0.715. The van der Waals surface area contributed by atoms with E-state index in [1.54, 1.807) is 7.11 Å². The van der Waals surface area contributed by atoms with E-state index >= 15 is 0 Å². The normalized spacial score (nSPS) is 12.0. The highest BCUT2D eigenvalue weighted by molar-refractivity contribution is 7.17. The fourth-order valence-corrected chi connectivity index (χ4v) is 4.18. The van der Waals surface area contributed by atoms with Crippen molar-refractivity contribution in [2.75, 3.05) is 12.4 Å². The highest BCUT2D eigenvalue weighted by atomic mass is 32.1. The van der Waals surface area contributed by atoms with Crippen molar-refractivity contribution in [2.45, 2.75) is 12.6 Å². The summed E-state index contributed by atoms with van der Waals surface area (Å²) in [6.07, 6.45) is 0. The van der Waals surface area contributed by atoms with Gasteiger partial charge in [0.05, 0.1) is 5.39 Å². The first kappa shape index (κ1) is 19.0. The number of nitrogens with two attached hydrogens (primary N) is 1. The third-order valence-corrected chi connectivity index (χ3v) is 5.41. The first-order valence-electron chi connectivity index (χ1n) is 9.10. The summed E-state index contributed by atoms with van der Waals surface area (Å²) in [6.45, 7) is 0.274. The SMILES string of the molecule is COCc1nc(NC(C(N)=O)c2ccccc2)c2c(-c3ccccc3)csc2n1. The lowest BCUT2D eigenvalue weighted by molar-refractivity contribution is -0.118. The molecule has 146 valence electrons. The van der Waals surface area contributed by atoms with E-state index in [-0.39, 0.29) is 6.61 Å². The number of carbonyl (C=O) groups is 1. The van der Waals surface area contributed by atoms with Gasteiger partial charge < -0.3 is 15.8 Å². The Balaban J connectivity index is 1.86. The van der Waals surface area contributed by atoms with Gasteiger partial charge in [-0.25, -0.2) is 9.97 Å². The van der Waals surface area contributed by atoms with Crippen LogP contribution in [-0.2, 0) is 16.1 Å². The molecule has 0 fully saturated rings. The largest absolute Gasteiger partial charge is 0.377 e. The van der Waals surface area contributed by atoms with Crippen LogP contribution in [0.1, 0.15) is 17.4 Å². The molecule has 1 amide bonds. The van der Waals surface area contributed by atoms with Crippen molar-refractivity contribution >= 4 is 33.3 Å². The second kappa shape index (κ2) is 8.38. The molecule has 29 heavy (non-hydrogen) atoms. The lowest BCUT2D eigenvalue weighted by Crippen LogP contribution is -2.28. The molecule has 4 aromatic rings. The van der Waals surface area contributed by atoms with Crippen molar-refractivity contribution in [1.82, 2.24) is 9.97 Å². The predicted octanol–water partition coefficient (Wildman–Crippen LogP) is 4.14. The number of rotatable bonds is 7. The van der Waals surface area contributed by atoms with Crippen LogP contribution in [0.2, 0.25) is 0 Å². The zero-order chi connectivity index (χ0) is 20.2. The number of aromatic nitrogens is 2. The van der Waals surface area contributed by atoms with Gasteiger partial charge in [0.1, 0.15) is 23.3 Å². The van der Waals surface area contributed by atoms with Gasteiger partial charge in [-0.2, -0.15) is 0 Å². The number of nitrogens with zero attached hydrogens (tertiary/aromatic N) is 2. The Morgan fingerprint density at radius 2 is 1.79 bits per heavy atom. The van der Waals surface area contributed by atoms with Crippen LogP contribution >= 0.6 is 11.3 Å². The van der Waals surface area contributed by atoms with E-state index in [0.29, 0.717) is 11.6 Å². The van der Waals surface area contributed by atoms with E-state index in [4.69, 9.17) is 10.5 Å². The van der Waals surface area contributed by atoms with Crippen LogP contribution in [0.25, 0.3) is 21.3 Å². The average Bonchev–Trinajstić information content (AvgIpc) is 3.17. The smallest absolute Gasteiger partial charge is 0.244 e. The number of hydrogen-bond acceptors (Lipinski definition) is 6. The van der Waals surface area contributed by atoms with Gasteiger partial charge >= 0.3 is 0 Å². The van der Waals surface area contributed by atoms with Crippen molar-refractivity contribution in [1.29, 1.82) is 0 Å². The highest BCUT2D eigenvalue weighted by Crippen LogP contribution is 2.38. The van der Waals surface area contributed by atoms with Gasteiger partial charge in [-0.1, -0.05) is 60.7 Å². The molecular formula is C22H20N4O2S. The Morgan fingerprint density at radius 3 is 2.45 bits per heavy atom. The van der Waals surface area contributed by atoms with Gasteiger partial charge in [0.15, 0.2) is 5.82 Å². The predicted molar refractivity (Wildman–Crippen MR) is 116 cm³/mol. The molecule has 0 radical (unpaired) electrons. The summed E-state index contributed by atoms with van der Waals surface area (Å²) in [7, 11) is 1.60. The molecule has 0 aliphatic carbocycles. The molecule has 6 nitrogen and oxygen atoms in total. The fourth-order valence-electron chi connectivity index (χ4n) is 3.22. The summed E-state index contributed by atoms with van der Waals surface area (Å²) >= 11 is 1.53. The molecule has 1 unspecified atom stereocenters. The number of amides is 1. The molecule has 7 heteroatoms. The van der Waals surface area contributed by atoms with Gasteiger partial charge in [0.25, 0.3) is 0 Å². The molecule has 0 saturated carbocycles. The van der Waals surface area contributed by atoms with Crippen molar-refractivity contribution in [3.8, 4) is 11.1 Å². The standard InChI is InChI=1S/C22H20N4O2S/c1-28-12-17-24-21(26-19(20(23)27)15-10-6-3-7-11-15)18-16(13-29-22(18)25-17)14-8-4-2-5-9-14/h2-11,13,19H,12H2,1H3,(H2,23,27)(H,24,25,26). The third kappa shape index (κ3) is 3.96. The lowest BCUT2D eigenvalue weighted by Gasteiger charge is -2.18. The van der Waals surface area contributed by atoms with Crippen molar-refractivity contribution in [3.05, 3.63) is 77.4 Å². The van der Waals surface area contributed by atoms with Crippen LogP contribution in [-0.4, -0.2) is 23.0 Å². The second-order valence-corrected chi connectivity index (χ2v) is 7.37. The molecule has 0 aliphatic rings. The molecule has 0 saturated heterocycles. The van der Waals surface area contributed by atoms with Crippen LogP contribution in [0.15, 0.2) is 66.0 Å². The minimum absolute atomic E-state index is 0.274. The van der Waals surface area contributed by atoms with E-state index in [9.17, 15) is 4.79 Å². The number of anilines is 1. The Labute approximate surface area is 172 Å². The number of benzene rings is 2. The maximum absolute atomic E-state index is 12.2. The topological polar surface area (TPSA) is 90.1 Å². The zero-order valence-corrected chi connectivity index (χ0v) is 16.6. The number of ether oxygens (including phenoxy) is 1. The monoisotopic (exact) mass is 404 g/mol. The van der Waals surface area contributed by atoms with Crippen LogP contribution in [0.4, 0.5) is 5.82 Å². The van der Waals surface area contributed by atoms with E-state index in [1.165, 1.54) is 11.3 Å². The number of thiophene rings is 1. The van der Waals surface area contributed by atoms with Gasteiger partial charge in [0, 0.05) is 18.1 Å². The fraction of sp³-hybridized carbons (Fsp3) is 0.136. The van der Waals surface area contributed by atoms with Crippen LogP contribution in [0, 0.1) is 0 Å². The summed E-state index contributed by atoms with van der Waals surface area (Å²) in [5.74, 6) is 0.628. The minimum Gasteiger partial charge on any atom is -0.377 e. The van der Waals surface area contributed by atoms with Crippen LogP contribution in [0.3, 0.4) is 0 Å². The Kier molecular flexibility index (Phi) is 5.50. The number of carbonyl (C=O) groups excluding carboxylic acids is 1. The molecule has 2 aromatic heterocycles. The summed E-state index contributed by atoms with van der Waals surface area (Å²) < 4.78 is 5.22. The van der Waals surface area contributed by atoms with Crippen molar-refractivity contribution in [2.24, 2.45) is 5.73 Å². The number of hydrogen-bond donors (Lipinski definition) is 2. The van der Waals surface area contributed by atoms with E-state index < -0.39 is 11.9 Å². The Bertz CT molecular complexity index is 1130. The first-order valence-corrected chi connectivity index (χ1v) is 9.98. The average molecular weight is 404 g/mol. The first-order chi connectivity index (χ1) is 14.2. The summed E-state index contributed by atoms with van der Waals surface area (Å²) in [5.41, 5.74) is 8.55. The zero-order valence-electron chi connectivity index (χ0n) is 15.8. The molecule has 2 aromatic carbocycles. The van der Waals surface area contributed by atoms with Crippen LogP contribution < -0.4 is 11.1 Å². The maximum atomic E-state index is 12.2. The van der Waals surface area contributed by atoms with Crippen molar-refractivity contribution in [3.63, 3.8) is 0 Å². The molecule has 1 atom stereocenters. The number of methoxy groups -OCH3 is 1. The molecule has 4 rings (SSSR count). The van der Waals surface area contributed by atoms with E-state index in [1.807, 2.05) is 60.7 Å². The maximum Gasteiger partial charge on any atom is 0.244 e. The van der Waals surface area contributed by atoms with Gasteiger partial charge in [0.2, 0.25) is 5.91 Å². The quantitative estimate of drug-likeness (QED) is 0.483. The Hall–Kier alpha value is -3.29. The van der Waals surface area contributed by atoms with Gasteiger partial charge in [-0.15, -0.1) is 11.3 Å². The van der Waals surface area contributed by atoms with Gasteiger partial charge in [-0.05, 0) is 11.1 Å². The van der Waals surface area contributed by atoms with Crippen molar-refractivity contribution < 1.29 is 9.53 Å². The summed E-state index contributed by atoms with van der Waals surface area (Å²) in [6, 6.07) is 18.7. The number of fused-ring (bicyclic) bond motifs is 1. The molecule has 3 N–H and O–H groups in total. The second-order valence-electron chi connectivity index (χ2n) is 6.51. The molecular weight excluding hydrogens is 384 g/mol. The molecule has 0 bridgehead atoms. The van der Waals surface area contributed by atoms with Gasteiger partial charge in [-0.3, -0.25) is 4.79 Å². The Morgan fingerprint density at radius 1 is 1.10 bits per heavy atom. The summed E-state index contributed by atoms with van der Waals surface area (Å²) in [4.78, 5) is 22.3. The lowest BCUT2D eigenvalue weighted by atomic mass is 10.0. The highest BCUT2D eigenvalue weighted by Gasteiger charge is 2.22. The molecule has 0 aliphatic heterocycles. The van der Waals surface area contributed by atoms with E-state index in [0.717, 1.165) is 26.9 Å². The van der Waals surface area contributed by atoms with Crippen LogP contribution in [0.5, 0.6) is 0 Å². The number of nitrogens with one attached hydrogen (secondary N) is 1. The van der Waals surface area contributed by atoms with E-state index in [2.05, 4.69) is 20.7 Å².